The van der Waals surface area contributed by atoms with Crippen molar-refractivity contribution in [2.75, 3.05) is 5.32 Å². The Labute approximate surface area is 140 Å². The molecule has 0 aliphatic rings. The Kier molecular flexibility index (Phi) is 4.79. The Morgan fingerprint density at radius 2 is 1.90 bits per heavy atom. The number of aromatic nitrogens is 1. The van der Waals surface area contributed by atoms with E-state index < -0.39 is 0 Å². The van der Waals surface area contributed by atoms with Gasteiger partial charge in [-0.2, -0.15) is 0 Å². The van der Waals surface area contributed by atoms with Crippen LogP contribution in [0.4, 0.5) is 5.69 Å². The molecule has 1 unspecified atom stereocenters. The van der Waals surface area contributed by atoms with Crippen LogP contribution >= 0.6 is 27.3 Å². The third kappa shape index (κ3) is 3.86. The van der Waals surface area contributed by atoms with Crippen molar-refractivity contribution >= 4 is 33.0 Å². The van der Waals surface area contributed by atoms with Crippen LogP contribution in [-0.2, 0) is 5.41 Å². The summed E-state index contributed by atoms with van der Waals surface area (Å²) in [6, 6.07) is 6.62. The first-order chi connectivity index (χ1) is 9.68. The molecule has 1 N–H and O–H groups in total. The lowest BCUT2D eigenvalue weighted by Crippen LogP contribution is -2.10. The number of anilines is 1. The Morgan fingerprint density at radius 3 is 2.43 bits per heavy atom. The third-order valence-corrected chi connectivity index (χ3v) is 6.06. The fourth-order valence-electron chi connectivity index (χ4n) is 2.18. The highest BCUT2D eigenvalue weighted by molar-refractivity contribution is 9.10. The number of aryl methyl sites for hydroxylation is 2. The molecule has 1 aromatic carbocycles. The van der Waals surface area contributed by atoms with Gasteiger partial charge in [-0.05, 0) is 44.5 Å². The van der Waals surface area contributed by atoms with Gasteiger partial charge in [0.25, 0.3) is 0 Å². The summed E-state index contributed by atoms with van der Waals surface area (Å²) in [6.45, 7) is 13.0. The standard InChI is InChI=1S/C17H23BrN2S/c1-10-9-13(7-8-14(10)18)19-11(2)15-12(3)20-16(21-15)17(4,5)6/h7-9,11,19H,1-6H3. The van der Waals surface area contributed by atoms with Gasteiger partial charge >= 0.3 is 0 Å². The number of nitrogens with one attached hydrogen (secondary N) is 1. The van der Waals surface area contributed by atoms with Gasteiger partial charge in [-0.1, -0.05) is 36.7 Å². The number of hydrogen-bond donors (Lipinski definition) is 1. The van der Waals surface area contributed by atoms with Crippen molar-refractivity contribution in [2.45, 2.75) is 53.0 Å². The normalized spacial score (nSPS) is 13.3. The Balaban J connectivity index is 2.22. The van der Waals surface area contributed by atoms with E-state index in [1.54, 1.807) is 0 Å². The molecule has 0 saturated carbocycles. The van der Waals surface area contributed by atoms with E-state index in [9.17, 15) is 0 Å². The number of rotatable bonds is 3. The van der Waals surface area contributed by atoms with Crippen molar-refractivity contribution in [1.82, 2.24) is 4.98 Å². The van der Waals surface area contributed by atoms with E-state index in [0.29, 0.717) is 0 Å². The van der Waals surface area contributed by atoms with Gasteiger partial charge in [-0.25, -0.2) is 4.98 Å². The molecule has 4 heteroatoms. The SMILES string of the molecule is Cc1cc(NC(C)c2sc(C(C)(C)C)nc2C)ccc1Br. The largest absolute Gasteiger partial charge is 0.378 e. The summed E-state index contributed by atoms with van der Waals surface area (Å²) >= 11 is 5.36. The maximum Gasteiger partial charge on any atom is 0.0985 e. The summed E-state index contributed by atoms with van der Waals surface area (Å²) in [4.78, 5) is 6.07. The number of benzene rings is 1. The second kappa shape index (κ2) is 6.09. The van der Waals surface area contributed by atoms with Crippen molar-refractivity contribution in [3.8, 4) is 0 Å². The molecule has 2 nitrogen and oxygen atoms in total. The maximum atomic E-state index is 4.75. The first-order valence-corrected chi connectivity index (χ1v) is 8.80. The first kappa shape index (κ1) is 16.5. The summed E-state index contributed by atoms with van der Waals surface area (Å²) in [5, 5.41) is 4.79. The minimum absolute atomic E-state index is 0.113. The quantitative estimate of drug-likeness (QED) is 0.720. The van der Waals surface area contributed by atoms with E-state index in [-0.39, 0.29) is 11.5 Å². The van der Waals surface area contributed by atoms with Crippen LogP contribution in [0.2, 0.25) is 0 Å². The summed E-state index contributed by atoms with van der Waals surface area (Å²) < 4.78 is 1.14. The number of thiazole rings is 1. The average molecular weight is 367 g/mol. The van der Waals surface area contributed by atoms with Crippen LogP contribution < -0.4 is 5.32 Å². The lowest BCUT2D eigenvalue weighted by Gasteiger charge is -2.16. The highest BCUT2D eigenvalue weighted by Crippen LogP contribution is 2.34. The summed E-state index contributed by atoms with van der Waals surface area (Å²) in [5.41, 5.74) is 3.64. The summed E-state index contributed by atoms with van der Waals surface area (Å²) in [7, 11) is 0. The number of nitrogens with zero attached hydrogens (tertiary/aromatic N) is 1. The second-order valence-electron chi connectivity index (χ2n) is 6.55. The molecule has 0 radical (unpaired) electrons. The third-order valence-electron chi connectivity index (χ3n) is 3.41. The van der Waals surface area contributed by atoms with E-state index >= 15 is 0 Å². The number of halogens is 1. The van der Waals surface area contributed by atoms with Crippen molar-refractivity contribution in [2.24, 2.45) is 0 Å². The maximum absolute atomic E-state index is 4.75. The van der Waals surface area contributed by atoms with E-state index in [2.05, 4.69) is 81.0 Å². The van der Waals surface area contributed by atoms with Crippen LogP contribution in [0.25, 0.3) is 0 Å². The van der Waals surface area contributed by atoms with E-state index in [1.165, 1.54) is 15.4 Å². The molecule has 0 saturated heterocycles. The van der Waals surface area contributed by atoms with Gasteiger partial charge in [-0.15, -0.1) is 11.3 Å². The van der Waals surface area contributed by atoms with Gasteiger partial charge in [0.15, 0.2) is 0 Å². The van der Waals surface area contributed by atoms with Crippen molar-refractivity contribution in [3.63, 3.8) is 0 Å². The Morgan fingerprint density at radius 1 is 1.24 bits per heavy atom. The fourth-order valence-corrected chi connectivity index (χ4v) is 3.55. The van der Waals surface area contributed by atoms with Gasteiger partial charge in [0.05, 0.1) is 16.7 Å². The van der Waals surface area contributed by atoms with Gasteiger partial charge in [0.1, 0.15) is 0 Å². The molecule has 1 heterocycles. The molecule has 0 aliphatic heterocycles. The van der Waals surface area contributed by atoms with E-state index in [0.717, 1.165) is 15.9 Å². The van der Waals surface area contributed by atoms with Crippen molar-refractivity contribution < 1.29 is 0 Å². The van der Waals surface area contributed by atoms with Crippen LogP contribution in [0.5, 0.6) is 0 Å². The molecular weight excluding hydrogens is 344 g/mol. The lowest BCUT2D eigenvalue weighted by molar-refractivity contribution is 0.584. The first-order valence-electron chi connectivity index (χ1n) is 7.19. The topological polar surface area (TPSA) is 24.9 Å². The minimum atomic E-state index is 0.113. The molecule has 2 rings (SSSR count). The highest BCUT2D eigenvalue weighted by Gasteiger charge is 2.22. The predicted octanol–water partition coefficient (Wildman–Crippen LogP) is 5.99. The highest BCUT2D eigenvalue weighted by atomic mass is 79.9. The van der Waals surface area contributed by atoms with Crippen molar-refractivity contribution in [1.29, 1.82) is 0 Å². The minimum Gasteiger partial charge on any atom is -0.378 e. The molecule has 114 valence electrons. The van der Waals surface area contributed by atoms with Gasteiger partial charge in [-0.3, -0.25) is 0 Å². The van der Waals surface area contributed by atoms with E-state index in [1.807, 2.05) is 11.3 Å². The molecule has 0 spiro atoms. The molecule has 0 fully saturated rings. The second-order valence-corrected chi connectivity index (χ2v) is 8.43. The van der Waals surface area contributed by atoms with Gasteiger partial charge in [0.2, 0.25) is 0 Å². The summed E-state index contributed by atoms with van der Waals surface area (Å²) in [5.74, 6) is 0. The zero-order valence-corrected chi connectivity index (χ0v) is 15.9. The lowest BCUT2D eigenvalue weighted by atomic mass is 9.98. The predicted molar refractivity (Wildman–Crippen MR) is 96.5 cm³/mol. The zero-order chi connectivity index (χ0) is 15.8. The fraction of sp³-hybridized carbons (Fsp3) is 0.471. The van der Waals surface area contributed by atoms with Gasteiger partial charge < -0.3 is 5.32 Å². The van der Waals surface area contributed by atoms with Crippen LogP contribution in [0.3, 0.4) is 0 Å². The molecule has 0 amide bonds. The average Bonchev–Trinajstić information content (AvgIpc) is 2.76. The van der Waals surface area contributed by atoms with Crippen LogP contribution in [0.1, 0.15) is 54.9 Å². The molecule has 1 atom stereocenters. The molecule has 2 aromatic rings. The molecule has 0 bridgehead atoms. The molecule has 21 heavy (non-hydrogen) atoms. The Hall–Kier alpha value is -0.870. The van der Waals surface area contributed by atoms with Crippen LogP contribution in [-0.4, -0.2) is 4.98 Å². The monoisotopic (exact) mass is 366 g/mol. The summed E-state index contributed by atoms with van der Waals surface area (Å²) in [6.07, 6.45) is 0. The molecular formula is C17H23BrN2S. The van der Waals surface area contributed by atoms with Crippen LogP contribution in [0, 0.1) is 13.8 Å². The smallest absolute Gasteiger partial charge is 0.0985 e. The Bertz CT molecular complexity index is 641. The van der Waals surface area contributed by atoms with E-state index in [4.69, 9.17) is 4.98 Å². The van der Waals surface area contributed by atoms with Gasteiger partial charge in [0, 0.05) is 20.5 Å². The number of hydrogen-bond acceptors (Lipinski definition) is 3. The van der Waals surface area contributed by atoms with Crippen molar-refractivity contribution in [3.05, 3.63) is 43.8 Å². The zero-order valence-electron chi connectivity index (χ0n) is 13.5. The molecule has 1 aromatic heterocycles. The molecule has 0 aliphatic carbocycles. The van der Waals surface area contributed by atoms with Crippen LogP contribution in [0.15, 0.2) is 22.7 Å².